The highest BCUT2D eigenvalue weighted by molar-refractivity contribution is 9.10. The summed E-state index contributed by atoms with van der Waals surface area (Å²) in [5, 5.41) is 4.47. The molecule has 0 bridgehead atoms. The van der Waals surface area contributed by atoms with E-state index in [1.54, 1.807) is 0 Å². The normalized spacial score (nSPS) is 17.1. The maximum atomic E-state index is 12.0. The van der Waals surface area contributed by atoms with Gasteiger partial charge in [-0.3, -0.25) is 9.48 Å². The van der Waals surface area contributed by atoms with Crippen molar-refractivity contribution in [3.05, 3.63) is 15.9 Å². The molecule has 0 radical (unpaired) electrons. The third-order valence-electron chi connectivity index (χ3n) is 3.46. The number of likely N-dealkylation sites (tertiary alicyclic amines) is 1. The van der Waals surface area contributed by atoms with Crippen LogP contribution < -0.4 is 0 Å². The van der Waals surface area contributed by atoms with Crippen molar-refractivity contribution >= 4 is 21.8 Å². The van der Waals surface area contributed by atoms with E-state index >= 15 is 0 Å². The van der Waals surface area contributed by atoms with Gasteiger partial charge < -0.3 is 4.90 Å². The summed E-state index contributed by atoms with van der Waals surface area (Å²) >= 11 is 3.59. The van der Waals surface area contributed by atoms with E-state index in [0.29, 0.717) is 13.0 Å². The molecule has 2 rings (SSSR count). The lowest BCUT2D eigenvalue weighted by molar-refractivity contribution is -0.131. The second-order valence-corrected chi connectivity index (χ2v) is 5.58. The van der Waals surface area contributed by atoms with E-state index in [1.807, 2.05) is 16.5 Å². The molecule has 0 saturated carbocycles. The van der Waals surface area contributed by atoms with Gasteiger partial charge in [-0.25, -0.2) is 0 Å². The molecular weight excluding hydrogens is 294 g/mol. The summed E-state index contributed by atoms with van der Waals surface area (Å²) in [5.74, 6) is 0.279. The molecule has 4 nitrogen and oxygen atoms in total. The van der Waals surface area contributed by atoms with Gasteiger partial charge in [-0.05, 0) is 42.6 Å². The Morgan fingerprint density at radius 2 is 2.11 bits per heavy atom. The predicted octanol–water partition coefficient (Wildman–Crippen LogP) is 2.88. The molecule has 5 heteroatoms. The standard InChI is InChI=1S/C13H20BrN3O/c1-3-17-11(13(14)10(2)15-17)9-16-8-6-4-5-7-12(16)18/h3-9H2,1-2H3. The van der Waals surface area contributed by atoms with Gasteiger partial charge in [-0.1, -0.05) is 6.42 Å². The predicted molar refractivity (Wildman–Crippen MR) is 74.2 cm³/mol. The molecule has 1 aromatic heterocycles. The minimum atomic E-state index is 0.279. The van der Waals surface area contributed by atoms with Gasteiger partial charge in [0, 0.05) is 19.5 Å². The molecule has 1 aliphatic rings. The molecule has 1 fully saturated rings. The summed E-state index contributed by atoms with van der Waals surface area (Å²) in [6, 6.07) is 0. The van der Waals surface area contributed by atoms with Crippen molar-refractivity contribution in [1.82, 2.24) is 14.7 Å². The molecule has 1 saturated heterocycles. The Hall–Kier alpha value is -0.840. The number of rotatable bonds is 3. The van der Waals surface area contributed by atoms with Gasteiger partial charge in [0.15, 0.2) is 0 Å². The van der Waals surface area contributed by atoms with E-state index in [0.717, 1.165) is 48.2 Å². The van der Waals surface area contributed by atoms with Crippen LogP contribution in [0, 0.1) is 6.92 Å². The fourth-order valence-electron chi connectivity index (χ4n) is 2.41. The summed E-state index contributed by atoms with van der Waals surface area (Å²) < 4.78 is 3.03. The molecule has 0 unspecified atom stereocenters. The molecule has 1 aromatic rings. The van der Waals surface area contributed by atoms with Crippen LogP contribution in [0.3, 0.4) is 0 Å². The second-order valence-electron chi connectivity index (χ2n) is 4.79. The molecule has 0 aliphatic carbocycles. The first kappa shape index (κ1) is 13.6. The molecule has 0 N–H and O–H groups in total. The third kappa shape index (κ3) is 2.76. The quantitative estimate of drug-likeness (QED) is 0.860. The van der Waals surface area contributed by atoms with Crippen LogP contribution in [-0.2, 0) is 17.9 Å². The number of halogens is 1. The highest BCUT2D eigenvalue weighted by Crippen LogP contribution is 2.24. The molecule has 0 spiro atoms. The average Bonchev–Trinajstić information content (AvgIpc) is 2.53. The van der Waals surface area contributed by atoms with E-state index in [-0.39, 0.29) is 5.91 Å². The lowest BCUT2D eigenvalue weighted by Gasteiger charge is -2.21. The Balaban J connectivity index is 2.19. The van der Waals surface area contributed by atoms with Crippen molar-refractivity contribution in [3.63, 3.8) is 0 Å². The zero-order valence-corrected chi connectivity index (χ0v) is 12.7. The van der Waals surface area contributed by atoms with Crippen molar-refractivity contribution in [3.8, 4) is 0 Å². The molecule has 0 atom stereocenters. The van der Waals surface area contributed by atoms with E-state index in [4.69, 9.17) is 0 Å². The van der Waals surface area contributed by atoms with Gasteiger partial charge in [0.05, 0.1) is 22.4 Å². The van der Waals surface area contributed by atoms with Crippen molar-refractivity contribution in [2.24, 2.45) is 0 Å². The van der Waals surface area contributed by atoms with Crippen LogP contribution in [0.4, 0.5) is 0 Å². The number of carbonyl (C=O) groups excluding carboxylic acids is 1. The zero-order valence-electron chi connectivity index (χ0n) is 11.1. The molecule has 100 valence electrons. The van der Waals surface area contributed by atoms with Gasteiger partial charge in [-0.15, -0.1) is 0 Å². The average molecular weight is 314 g/mol. The number of aryl methyl sites for hydroxylation is 2. The number of amides is 1. The first-order valence-electron chi connectivity index (χ1n) is 6.63. The molecule has 1 aliphatic heterocycles. The first-order valence-corrected chi connectivity index (χ1v) is 7.42. The Bertz CT molecular complexity index is 442. The summed E-state index contributed by atoms with van der Waals surface area (Å²) in [4.78, 5) is 14.0. The van der Waals surface area contributed by atoms with Gasteiger partial charge in [0.1, 0.15) is 0 Å². The lowest BCUT2D eigenvalue weighted by atomic mass is 10.2. The first-order chi connectivity index (χ1) is 8.63. The minimum absolute atomic E-state index is 0.279. The van der Waals surface area contributed by atoms with E-state index in [1.165, 1.54) is 0 Å². The van der Waals surface area contributed by atoms with Crippen molar-refractivity contribution in [2.45, 2.75) is 52.6 Å². The van der Waals surface area contributed by atoms with Gasteiger partial charge in [-0.2, -0.15) is 5.10 Å². The van der Waals surface area contributed by atoms with Crippen LogP contribution in [-0.4, -0.2) is 27.1 Å². The number of hydrogen-bond acceptors (Lipinski definition) is 2. The fraction of sp³-hybridized carbons (Fsp3) is 0.692. The monoisotopic (exact) mass is 313 g/mol. The van der Waals surface area contributed by atoms with E-state index in [9.17, 15) is 4.79 Å². The van der Waals surface area contributed by atoms with Crippen LogP contribution in [0.15, 0.2) is 4.47 Å². The van der Waals surface area contributed by atoms with Crippen molar-refractivity contribution in [1.29, 1.82) is 0 Å². The maximum Gasteiger partial charge on any atom is 0.222 e. The van der Waals surface area contributed by atoms with Crippen molar-refractivity contribution < 1.29 is 4.79 Å². The smallest absolute Gasteiger partial charge is 0.222 e. The SMILES string of the molecule is CCn1nc(C)c(Br)c1CN1CCCCCC1=O. The molecule has 2 heterocycles. The fourth-order valence-corrected chi connectivity index (χ4v) is 2.82. The summed E-state index contributed by atoms with van der Waals surface area (Å²) in [7, 11) is 0. The number of nitrogens with zero attached hydrogens (tertiary/aromatic N) is 3. The minimum Gasteiger partial charge on any atom is -0.337 e. The second kappa shape index (κ2) is 5.87. The number of hydrogen-bond donors (Lipinski definition) is 0. The Kier molecular flexibility index (Phi) is 4.43. The zero-order chi connectivity index (χ0) is 13.1. The number of aromatic nitrogens is 2. The lowest BCUT2D eigenvalue weighted by Crippen LogP contribution is -2.30. The Labute approximate surface area is 116 Å². The molecule has 0 aromatic carbocycles. The topological polar surface area (TPSA) is 38.1 Å². The van der Waals surface area contributed by atoms with Gasteiger partial charge >= 0.3 is 0 Å². The van der Waals surface area contributed by atoms with Crippen LogP contribution >= 0.6 is 15.9 Å². The van der Waals surface area contributed by atoms with Crippen LogP contribution in [0.25, 0.3) is 0 Å². The number of carbonyl (C=O) groups is 1. The van der Waals surface area contributed by atoms with Gasteiger partial charge in [0.25, 0.3) is 0 Å². The van der Waals surface area contributed by atoms with E-state index in [2.05, 4.69) is 28.0 Å². The highest BCUT2D eigenvalue weighted by atomic mass is 79.9. The molecule has 1 amide bonds. The van der Waals surface area contributed by atoms with Crippen LogP contribution in [0.5, 0.6) is 0 Å². The molecular formula is C13H20BrN3O. The third-order valence-corrected chi connectivity index (χ3v) is 4.50. The maximum absolute atomic E-state index is 12.0. The highest BCUT2D eigenvalue weighted by Gasteiger charge is 2.20. The van der Waals surface area contributed by atoms with Crippen molar-refractivity contribution in [2.75, 3.05) is 6.54 Å². The van der Waals surface area contributed by atoms with E-state index < -0.39 is 0 Å². The Morgan fingerprint density at radius 3 is 2.83 bits per heavy atom. The Morgan fingerprint density at radius 1 is 1.33 bits per heavy atom. The van der Waals surface area contributed by atoms with Gasteiger partial charge in [0.2, 0.25) is 5.91 Å². The van der Waals surface area contributed by atoms with Crippen LogP contribution in [0.2, 0.25) is 0 Å². The molecule has 18 heavy (non-hydrogen) atoms. The largest absolute Gasteiger partial charge is 0.337 e. The summed E-state index contributed by atoms with van der Waals surface area (Å²) in [5.41, 5.74) is 2.11. The summed E-state index contributed by atoms with van der Waals surface area (Å²) in [6.45, 7) is 6.45. The van der Waals surface area contributed by atoms with Crippen LogP contribution in [0.1, 0.15) is 44.0 Å². The summed E-state index contributed by atoms with van der Waals surface area (Å²) in [6.07, 6.45) is 4.00.